The van der Waals surface area contributed by atoms with Crippen LogP contribution in [0.2, 0.25) is 0 Å². The molecule has 0 aromatic carbocycles. The van der Waals surface area contributed by atoms with Gasteiger partial charge < -0.3 is 10.7 Å². The van der Waals surface area contributed by atoms with E-state index in [1.165, 1.54) is 0 Å². The molecule has 0 spiro atoms. The third-order valence-corrected chi connectivity index (χ3v) is 2.21. The number of nitrogens with two attached hydrogens (primary N) is 1. The standard InChI is InChI=1S/C8H7BrN4/c9-7-6(12-8(10)13-7)5-1-3-11-4-2-5/h1-4H,(H3,10,12,13). The normalized spacial score (nSPS) is 10.2. The van der Waals surface area contributed by atoms with Gasteiger partial charge in [0.2, 0.25) is 0 Å². The Kier molecular flexibility index (Phi) is 2.02. The quantitative estimate of drug-likeness (QED) is 0.797. The SMILES string of the molecule is Nc1nc(-c2ccncc2)c(Br)[nH]1. The zero-order valence-corrected chi connectivity index (χ0v) is 8.25. The molecule has 0 aliphatic carbocycles. The highest BCUT2D eigenvalue weighted by atomic mass is 79.9. The molecular weight excluding hydrogens is 232 g/mol. The molecule has 0 bridgehead atoms. The zero-order valence-electron chi connectivity index (χ0n) is 6.66. The first-order valence-corrected chi connectivity index (χ1v) is 4.48. The minimum absolute atomic E-state index is 0.402. The van der Waals surface area contributed by atoms with E-state index < -0.39 is 0 Å². The Balaban J connectivity index is 2.53. The maximum Gasteiger partial charge on any atom is 0.198 e. The Labute approximate surface area is 83.3 Å². The number of imidazole rings is 1. The Bertz CT molecular complexity index is 409. The van der Waals surface area contributed by atoms with E-state index in [1.807, 2.05) is 12.1 Å². The fraction of sp³-hybridized carbons (Fsp3) is 0. The minimum atomic E-state index is 0.402. The van der Waals surface area contributed by atoms with Gasteiger partial charge in [0.25, 0.3) is 0 Å². The van der Waals surface area contributed by atoms with Gasteiger partial charge in [-0.2, -0.15) is 0 Å². The second-order valence-electron chi connectivity index (χ2n) is 2.52. The van der Waals surface area contributed by atoms with E-state index in [2.05, 4.69) is 30.9 Å². The summed E-state index contributed by atoms with van der Waals surface area (Å²) in [5.41, 5.74) is 7.29. The van der Waals surface area contributed by atoms with Gasteiger partial charge >= 0.3 is 0 Å². The molecule has 5 heteroatoms. The van der Waals surface area contributed by atoms with Crippen molar-refractivity contribution in [2.24, 2.45) is 0 Å². The van der Waals surface area contributed by atoms with Crippen LogP contribution in [0.15, 0.2) is 29.1 Å². The summed E-state index contributed by atoms with van der Waals surface area (Å²) < 4.78 is 0.788. The molecule has 0 fully saturated rings. The van der Waals surface area contributed by atoms with Crippen molar-refractivity contribution in [2.75, 3.05) is 5.73 Å². The summed E-state index contributed by atoms with van der Waals surface area (Å²) in [6.07, 6.45) is 3.43. The van der Waals surface area contributed by atoms with E-state index >= 15 is 0 Å². The molecule has 2 rings (SSSR count). The third-order valence-electron chi connectivity index (χ3n) is 1.63. The van der Waals surface area contributed by atoms with E-state index in [-0.39, 0.29) is 0 Å². The number of nitrogens with zero attached hydrogens (tertiary/aromatic N) is 2. The van der Waals surface area contributed by atoms with Gasteiger partial charge in [0.15, 0.2) is 5.95 Å². The molecule has 3 N–H and O–H groups in total. The van der Waals surface area contributed by atoms with Gasteiger partial charge in [-0.05, 0) is 28.1 Å². The van der Waals surface area contributed by atoms with Gasteiger partial charge in [0.1, 0.15) is 10.3 Å². The molecule has 0 aliphatic rings. The van der Waals surface area contributed by atoms with Crippen LogP contribution in [0.4, 0.5) is 5.95 Å². The Morgan fingerprint density at radius 3 is 2.54 bits per heavy atom. The second kappa shape index (κ2) is 3.18. The molecule has 0 atom stereocenters. The molecule has 0 saturated carbocycles. The van der Waals surface area contributed by atoms with E-state index in [0.717, 1.165) is 15.9 Å². The Morgan fingerprint density at radius 2 is 2.00 bits per heavy atom. The number of H-pyrrole nitrogens is 1. The number of pyridine rings is 1. The molecule has 13 heavy (non-hydrogen) atoms. The summed E-state index contributed by atoms with van der Waals surface area (Å²) >= 11 is 3.34. The van der Waals surface area contributed by atoms with Gasteiger partial charge in [-0.15, -0.1) is 0 Å². The molecule has 0 amide bonds. The molecule has 0 aliphatic heterocycles. The lowest BCUT2D eigenvalue weighted by Crippen LogP contribution is -1.85. The van der Waals surface area contributed by atoms with Crippen LogP contribution in [0.1, 0.15) is 0 Å². The molecule has 4 nitrogen and oxygen atoms in total. The fourth-order valence-corrected chi connectivity index (χ4v) is 1.59. The smallest absolute Gasteiger partial charge is 0.198 e. The number of anilines is 1. The van der Waals surface area contributed by atoms with Gasteiger partial charge in [-0.1, -0.05) is 0 Å². The van der Waals surface area contributed by atoms with Gasteiger partial charge in [-0.25, -0.2) is 4.98 Å². The second-order valence-corrected chi connectivity index (χ2v) is 3.31. The number of aromatic amines is 1. The van der Waals surface area contributed by atoms with Crippen LogP contribution in [-0.4, -0.2) is 15.0 Å². The van der Waals surface area contributed by atoms with E-state index in [1.54, 1.807) is 12.4 Å². The van der Waals surface area contributed by atoms with Crippen LogP contribution < -0.4 is 5.73 Å². The average molecular weight is 239 g/mol. The third kappa shape index (κ3) is 1.55. The van der Waals surface area contributed by atoms with Crippen molar-refractivity contribution in [3.63, 3.8) is 0 Å². The first-order chi connectivity index (χ1) is 6.27. The summed E-state index contributed by atoms with van der Waals surface area (Å²) in [6.45, 7) is 0. The minimum Gasteiger partial charge on any atom is -0.369 e. The highest BCUT2D eigenvalue weighted by Crippen LogP contribution is 2.25. The molecule has 2 aromatic rings. The van der Waals surface area contributed by atoms with Crippen LogP contribution >= 0.6 is 15.9 Å². The molecule has 0 radical (unpaired) electrons. The van der Waals surface area contributed by atoms with Gasteiger partial charge in [-0.3, -0.25) is 4.98 Å². The predicted octanol–water partition coefficient (Wildman–Crippen LogP) is 1.82. The Hall–Kier alpha value is -1.36. The monoisotopic (exact) mass is 238 g/mol. The molecule has 0 unspecified atom stereocenters. The Morgan fingerprint density at radius 1 is 1.31 bits per heavy atom. The topological polar surface area (TPSA) is 67.6 Å². The average Bonchev–Trinajstić information content (AvgIpc) is 2.47. The number of hydrogen-bond donors (Lipinski definition) is 2. The van der Waals surface area contributed by atoms with Gasteiger partial charge in [0.05, 0.1) is 0 Å². The number of aromatic nitrogens is 3. The first kappa shape index (κ1) is 8.25. The lowest BCUT2D eigenvalue weighted by atomic mass is 10.2. The van der Waals surface area contributed by atoms with Crippen LogP contribution in [0, 0.1) is 0 Å². The largest absolute Gasteiger partial charge is 0.369 e. The zero-order chi connectivity index (χ0) is 9.26. The summed E-state index contributed by atoms with van der Waals surface area (Å²) in [7, 11) is 0. The molecular formula is C8H7BrN4. The number of nitrogen functional groups attached to an aromatic ring is 1. The van der Waals surface area contributed by atoms with Crippen molar-refractivity contribution in [3.8, 4) is 11.3 Å². The summed E-state index contributed by atoms with van der Waals surface area (Å²) in [6, 6.07) is 3.75. The summed E-state index contributed by atoms with van der Waals surface area (Å²) in [5.74, 6) is 0.402. The van der Waals surface area contributed by atoms with Crippen molar-refractivity contribution in [3.05, 3.63) is 29.1 Å². The van der Waals surface area contributed by atoms with Crippen molar-refractivity contribution in [2.45, 2.75) is 0 Å². The number of halogens is 1. The summed E-state index contributed by atoms with van der Waals surface area (Å²) in [4.78, 5) is 10.9. The highest BCUT2D eigenvalue weighted by molar-refractivity contribution is 9.10. The lowest BCUT2D eigenvalue weighted by molar-refractivity contribution is 1.30. The van der Waals surface area contributed by atoms with Crippen molar-refractivity contribution in [1.82, 2.24) is 15.0 Å². The highest BCUT2D eigenvalue weighted by Gasteiger charge is 2.07. The van der Waals surface area contributed by atoms with Crippen molar-refractivity contribution >= 4 is 21.9 Å². The molecule has 2 aromatic heterocycles. The first-order valence-electron chi connectivity index (χ1n) is 3.69. The van der Waals surface area contributed by atoms with Crippen LogP contribution in [-0.2, 0) is 0 Å². The molecule has 0 saturated heterocycles. The van der Waals surface area contributed by atoms with Crippen LogP contribution in [0.3, 0.4) is 0 Å². The molecule has 66 valence electrons. The van der Waals surface area contributed by atoms with Crippen molar-refractivity contribution < 1.29 is 0 Å². The fourth-order valence-electron chi connectivity index (χ4n) is 1.07. The van der Waals surface area contributed by atoms with Gasteiger partial charge in [0, 0.05) is 18.0 Å². The van der Waals surface area contributed by atoms with Crippen LogP contribution in [0.5, 0.6) is 0 Å². The van der Waals surface area contributed by atoms with Crippen molar-refractivity contribution in [1.29, 1.82) is 0 Å². The van der Waals surface area contributed by atoms with E-state index in [0.29, 0.717) is 5.95 Å². The number of hydrogen-bond acceptors (Lipinski definition) is 3. The predicted molar refractivity (Wildman–Crippen MR) is 53.9 cm³/mol. The van der Waals surface area contributed by atoms with Crippen LogP contribution in [0.25, 0.3) is 11.3 Å². The lowest BCUT2D eigenvalue weighted by Gasteiger charge is -1.94. The number of rotatable bonds is 1. The summed E-state index contributed by atoms with van der Waals surface area (Å²) in [5, 5.41) is 0. The number of nitrogens with one attached hydrogen (secondary N) is 1. The van der Waals surface area contributed by atoms with E-state index in [9.17, 15) is 0 Å². The van der Waals surface area contributed by atoms with E-state index in [4.69, 9.17) is 5.73 Å². The maximum atomic E-state index is 5.50. The maximum absolute atomic E-state index is 5.50. The molecule has 2 heterocycles.